The molecule has 0 amide bonds. The van der Waals surface area contributed by atoms with Gasteiger partial charge >= 0.3 is 0 Å². The fourth-order valence-corrected chi connectivity index (χ4v) is 2.92. The third-order valence-electron chi connectivity index (χ3n) is 3.93. The van der Waals surface area contributed by atoms with Gasteiger partial charge in [0.2, 0.25) is 0 Å². The van der Waals surface area contributed by atoms with Crippen LogP contribution in [0.5, 0.6) is 0 Å². The zero-order valence-corrected chi connectivity index (χ0v) is 11.6. The summed E-state index contributed by atoms with van der Waals surface area (Å²) in [5.41, 5.74) is 3.62. The van der Waals surface area contributed by atoms with Crippen LogP contribution < -0.4 is 0 Å². The van der Waals surface area contributed by atoms with E-state index in [0.29, 0.717) is 6.04 Å². The molecule has 2 aromatic heterocycles. The molecule has 0 saturated carbocycles. The summed E-state index contributed by atoms with van der Waals surface area (Å²) in [7, 11) is 0. The quantitative estimate of drug-likeness (QED) is 0.921. The summed E-state index contributed by atoms with van der Waals surface area (Å²) in [6, 6.07) is 0.424. The van der Waals surface area contributed by atoms with E-state index in [9.17, 15) is 5.11 Å². The van der Waals surface area contributed by atoms with Crippen molar-refractivity contribution in [1.82, 2.24) is 14.1 Å². The minimum atomic E-state index is -0.278. The molecular weight excluding hydrogens is 238 g/mol. The zero-order valence-electron chi connectivity index (χ0n) is 11.6. The molecule has 1 aliphatic carbocycles. The zero-order chi connectivity index (χ0) is 13.4. The van der Waals surface area contributed by atoms with Gasteiger partial charge in [0.15, 0.2) is 0 Å². The molecule has 0 radical (unpaired) electrons. The third-order valence-corrected chi connectivity index (χ3v) is 3.93. The van der Waals surface area contributed by atoms with Crippen molar-refractivity contribution in [3.05, 3.63) is 41.7 Å². The molecule has 0 aromatic carbocycles. The van der Waals surface area contributed by atoms with Gasteiger partial charge in [0.25, 0.3) is 0 Å². The summed E-state index contributed by atoms with van der Waals surface area (Å²) in [5.74, 6) is 0. The van der Waals surface area contributed by atoms with Crippen LogP contribution >= 0.6 is 0 Å². The van der Waals surface area contributed by atoms with Gasteiger partial charge in [-0.3, -0.25) is 0 Å². The Morgan fingerprint density at radius 1 is 1.42 bits per heavy atom. The second-order valence-corrected chi connectivity index (χ2v) is 5.71. The lowest BCUT2D eigenvalue weighted by atomic mass is 9.93. The molecule has 4 nitrogen and oxygen atoms in total. The molecule has 0 fully saturated rings. The van der Waals surface area contributed by atoms with Crippen LogP contribution in [0.4, 0.5) is 0 Å². The van der Waals surface area contributed by atoms with E-state index in [2.05, 4.69) is 40.4 Å². The van der Waals surface area contributed by atoms with Gasteiger partial charge in [-0.05, 0) is 38.7 Å². The van der Waals surface area contributed by atoms with Crippen LogP contribution in [0, 0.1) is 0 Å². The Morgan fingerprint density at radius 3 is 3.00 bits per heavy atom. The fraction of sp³-hybridized carbons (Fsp3) is 0.533. The van der Waals surface area contributed by atoms with E-state index in [-0.39, 0.29) is 6.10 Å². The second-order valence-electron chi connectivity index (χ2n) is 5.71. The number of hydrogen-bond donors (Lipinski definition) is 1. The second kappa shape index (κ2) is 4.85. The summed E-state index contributed by atoms with van der Waals surface area (Å²) >= 11 is 0. The van der Waals surface area contributed by atoms with E-state index in [4.69, 9.17) is 0 Å². The highest BCUT2D eigenvalue weighted by atomic mass is 16.3. The summed E-state index contributed by atoms with van der Waals surface area (Å²) in [5, 5.41) is 10.0. The number of aliphatic hydroxyl groups excluding tert-OH is 1. The molecule has 2 heterocycles. The van der Waals surface area contributed by atoms with Gasteiger partial charge in [-0.2, -0.15) is 0 Å². The van der Waals surface area contributed by atoms with Crippen LogP contribution in [0.2, 0.25) is 0 Å². The lowest BCUT2D eigenvalue weighted by molar-refractivity contribution is 0.157. The van der Waals surface area contributed by atoms with E-state index in [1.165, 1.54) is 11.3 Å². The van der Waals surface area contributed by atoms with E-state index in [1.807, 2.05) is 12.5 Å². The van der Waals surface area contributed by atoms with Crippen molar-refractivity contribution in [2.45, 2.75) is 51.8 Å². The SMILES string of the molecule is CC(C)n1cncc1Cn1cc2c(c1)C(O)CCC2. The number of hydrogen-bond acceptors (Lipinski definition) is 2. The Kier molecular flexibility index (Phi) is 3.19. The number of aryl methyl sites for hydroxylation is 1. The fourth-order valence-electron chi connectivity index (χ4n) is 2.92. The minimum Gasteiger partial charge on any atom is -0.388 e. The van der Waals surface area contributed by atoms with Gasteiger partial charge < -0.3 is 14.2 Å². The van der Waals surface area contributed by atoms with Crippen LogP contribution in [-0.4, -0.2) is 19.2 Å². The maximum absolute atomic E-state index is 10.0. The summed E-state index contributed by atoms with van der Waals surface area (Å²) in [6.45, 7) is 5.14. The molecule has 3 rings (SSSR count). The Bertz CT molecular complexity index is 568. The smallest absolute Gasteiger partial charge is 0.0951 e. The molecular formula is C15H21N3O. The lowest BCUT2D eigenvalue weighted by Crippen LogP contribution is -2.07. The molecule has 0 spiro atoms. The Morgan fingerprint density at radius 2 is 2.26 bits per heavy atom. The summed E-state index contributed by atoms with van der Waals surface area (Å²) < 4.78 is 4.37. The molecule has 19 heavy (non-hydrogen) atoms. The van der Waals surface area contributed by atoms with Gasteiger partial charge in [-0.15, -0.1) is 0 Å². The number of imidazole rings is 1. The molecule has 1 N–H and O–H groups in total. The maximum atomic E-state index is 10.0. The van der Waals surface area contributed by atoms with Crippen molar-refractivity contribution in [1.29, 1.82) is 0 Å². The largest absolute Gasteiger partial charge is 0.388 e. The number of aromatic nitrogens is 3. The number of aliphatic hydroxyl groups is 1. The van der Waals surface area contributed by atoms with E-state index in [1.54, 1.807) is 0 Å². The van der Waals surface area contributed by atoms with Crippen molar-refractivity contribution in [3.63, 3.8) is 0 Å². The Hall–Kier alpha value is -1.55. The van der Waals surface area contributed by atoms with Crippen LogP contribution in [0.15, 0.2) is 24.9 Å². The Labute approximate surface area is 113 Å². The maximum Gasteiger partial charge on any atom is 0.0951 e. The average Bonchev–Trinajstić information content (AvgIpc) is 2.96. The lowest BCUT2D eigenvalue weighted by Gasteiger charge is -2.16. The first kappa shape index (κ1) is 12.5. The van der Waals surface area contributed by atoms with E-state index in [0.717, 1.165) is 31.4 Å². The topological polar surface area (TPSA) is 43.0 Å². The van der Waals surface area contributed by atoms with Gasteiger partial charge in [0, 0.05) is 30.2 Å². The van der Waals surface area contributed by atoms with Gasteiger partial charge in [0.1, 0.15) is 0 Å². The number of rotatable bonds is 3. The molecule has 1 atom stereocenters. The number of fused-ring (bicyclic) bond motifs is 1. The van der Waals surface area contributed by atoms with Crippen molar-refractivity contribution in [2.75, 3.05) is 0 Å². The highest BCUT2D eigenvalue weighted by molar-refractivity contribution is 5.29. The normalized spacial score (nSPS) is 18.8. The Balaban J connectivity index is 1.86. The third kappa shape index (κ3) is 2.32. The first-order chi connectivity index (χ1) is 9.15. The predicted molar refractivity (Wildman–Crippen MR) is 74.0 cm³/mol. The van der Waals surface area contributed by atoms with Crippen molar-refractivity contribution < 1.29 is 5.11 Å². The van der Waals surface area contributed by atoms with Gasteiger partial charge in [-0.1, -0.05) is 0 Å². The molecule has 1 unspecified atom stereocenters. The van der Waals surface area contributed by atoms with Crippen molar-refractivity contribution in [3.8, 4) is 0 Å². The minimum absolute atomic E-state index is 0.278. The van der Waals surface area contributed by atoms with Crippen molar-refractivity contribution in [2.24, 2.45) is 0 Å². The molecule has 4 heteroatoms. The van der Waals surface area contributed by atoms with E-state index < -0.39 is 0 Å². The molecule has 102 valence electrons. The van der Waals surface area contributed by atoms with Crippen molar-refractivity contribution >= 4 is 0 Å². The highest BCUT2D eigenvalue weighted by Crippen LogP contribution is 2.30. The first-order valence-corrected chi connectivity index (χ1v) is 7.02. The molecule has 0 bridgehead atoms. The van der Waals surface area contributed by atoms with Crippen LogP contribution in [0.3, 0.4) is 0 Å². The van der Waals surface area contributed by atoms with Crippen LogP contribution in [-0.2, 0) is 13.0 Å². The van der Waals surface area contributed by atoms with Gasteiger partial charge in [0.05, 0.1) is 24.7 Å². The standard InChI is InChI=1S/C15H21N3O/c1-11(2)18-10-16-6-13(18)8-17-7-12-4-3-5-15(19)14(12)9-17/h6-7,9-11,15,19H,3-5,8H2,1-2H3. The predicted octanol–water partition coefficient (Wildman–Crippen LogP) is 2.68. The average molecular weight is 259 g/mol. The summed E-state index contributed by atoms with van der Waals surface area (Å²) in [6.07, 6.45) is 10.9. The van der Waals surface area contributed by atoms with Gasteiger partial charge in [-0.25, -0.2) is 4.98 Å². The summed E-state index contributed by atoms with van der Waals surface area (Å²) in [4.78, 5) is 4.24. The monoisotopic (exact) mass is 259 g/mol. The van der Waals surface area contributed by atoms with Crippen LogP contribution in [0.25, 0.3) is 0 Å². The molecule has 1 aliphatic rings. The highest BCUT2D eigenvalue weighted by Gasteiger charge is 2.20. The van der Waals surface area contributed by atoms with Crippen LogP contribution in [0.1, 0.15) is 55.7 Å². The molecule has 0 saturated heterocycles. The molecule has 0 aliphatic heterocycles. The van der Waals surface area contributed by atoms with E-state index >= 15 is 0 Å². The number of nitrogens with zero attached hydrogens (tertiary/aromatic N) is 3. The molecule has 2 aromatic rings. The first-order valence-electron chi connectivity index (χ1n) is 7.02.